The molecule has 0 saturated carbocycles. The van der Waals surface area contributed by atoms with Gasteiger partial charge in [0.15, 0.2) is 11.6 Å². The van der Waals surface area contributed by atoms with Crippen molar-refractivity contribution in [1.29, 1.82) is 0 Å². The molecule has 0 saturated heterocycles. The molecule has 2 aliphatic carbocycles. The van der Waals surface area contributed by atoms with Crippen LogP contribution in [-0.2, 0) is 50.1 Å². The molecule has 0 aliphatic heterocycles. The molecule has 16 nitrogen and oxygen atoms in total. The lowest BCUT2D eigenvalue weighted by Crippen LogP contribution is -2.05. The highest BCUT2D eigenvalue weighted by Crippen LogP contribution is 2.52. The highest BCUT2D eigenvalue weighted by molar-refractivity contribution is 7.86. The topological polar surface area (TPSA) is 277 Å². The van der Waals surface area contributed by atoms with Crippen molar-refractivity contribution in [3.05, 3.63) is 215 Å². The second-order valence-corrected chi connectivity index (χ2v) is 21.4. The summed E-state index contributed by atoms with van der Waals surface area (Å²) in [5, 5.41) is 0. The Hall–Kier alpha value is -7.66. The highest BCUT2D eigenvalue weighted by atomic mass is 32.2. The van der Waals surface area contributed by atoms with E-state index in [1.165, 1.54) is 60.9 Å². The van der Waals surface area contributed by atoms with Gasteiger partial charge in [-0.3, -0.25) is 32.8 Å². The summed E-state index contributed by atoms with van der Waals surface area (Å²) in [6.45, 7) is 0. The molecule has 6 aromatic carbocycles. The fourth-order valence-corrected chi connectivity index (χ4v) is 10.3. The minimum Gasteiger partial charge on any atom is -0.289 e. The molecule has 2 aliphatic rings. The summed E-state index contributed by atoms with van der Waals surface area (Å²) < 4.78 is 136. The fourth-order valence-electron chi connectivity index (χ4n) is 8.39. The molecule has 1 heterocycles. The van der Waals surface area contributed by atoms with Crippen LogP contribution in [-0.4, -0.2) is 73.4 Å². The standard InChI is InChI=1S/C50H32N2O14S4/c53-49-43(31-11-19-35(20-12-31)67(55,56)57)41(29-7-3-1-4-8-29)47(45(49)33-15-23-37(24-16-33)69(61,62)63)39-27-51-28-40(52-39)48-42(30-9-5-2-6-10-30)44(32-13-21-36(22-14-32)68(58,59)60)50(54)46(48)34-17-25-38(26-18-34)70(64,65)66/h1-28H,(H,55,56,57)(H,58,59,60)(H,61,62,63)(H,64,65,66). The predicted octanol–water partition coefficient (Wildman–Crippen LogP) is 7.67. The van der Waals surface area contributed by atoms with Gasteiger partial charge in [0.2, 0.25) is 0 Å². The van der Waals surface area contributed by atoms with Crippen LogP contribution >= 0.6 is 0 Å². The molecule has 0 radical (unpaired) electrons. The van der Waals surface area contributed by atoms with Gasteiger partial charge >= 0.3 is 0 Å². The minimum absolute atomic E-state index is 0.0301. The number of carbonyl (C=O) groups is 2. The third-order valence-corrected chi connectivity index (χ3v) is 14.9. The van der Waals surface area contributed by atoms with Gasteiger partial charge in [-0.1, -0.05) is 109 Å². The van der Waals surface area contributed by atoms with Gasteiger partial charge in [-0.05, 0) is 81.9 Å². The maximum atomic E-state index is 15.2. The second-order valence-electron chi connectivity index (χ2n) is 15.7. The Morgan fingerprint density at radius 1 is 0.286 bits per heavy atom. The van der Waals surface area contributed by atoms with E-state index in [1.54, 1.807) is 60.7 Å². The number of nitrogens with zero attached hydrogens (tertiary/aromatic N) is 2. The van der Waals surface area contributed by atoms with Crippen molar-refractivity contribution in [3.63, 3.8) is 0 Å². The molecule has 20 heteroatoms. The van der Waals surface area contributed by atoms with Crippen molar-refractivity contribution < 1.29 is 61.5 Å². The zero-order valence-corrected chi connectivity index (χ0v) is 38.8. The Morgan fingerprint density at radius 2 is 0.514 bits per heavy atom. The highest BCUT2D eigenvalue weighted by Gasteiger charge is 2.39. The molecule has 0 bridgehead atoms. The van der Waals surface area contributed by atoms with Crippen molar-refractivity contribution >= 4 is 96.6 Å². The molecule has 0 fully saturated rings. The number of Topliss-reactive ketones (excluding diaryl/α,β-unsaturated/α-hetero) is 2. The van der Waals surface area contributed by atoms with Crippen LogP contribution < -0.4 is 0 Å². The Kier molecular flexibility index (Phi) is 12.0. The fraction of sp³-hybridized carbons (Fsp3) is 0. The molecular formula is C50H32N2O14S4. The Bertz CT molecular complexity index is 3690. The molecular weight excluding hydrogens is 981 g/mol. The third kappa shape index (κ3) is 8.92. The maximum Gasteiger partial charge on any atom is 0.294 e. The zero-order valence-electron chi connectivity index (χ0n) is 35.6. The Balaban J connectivity index is 1.36. The molecule has 0 unspecified atom stereocenters. The number of benzene rings is 6. The van der Waals surface area contributed by atoms with E-state index in [-0.39, 0.29) is 78.2 Å². The normalized spacial score (nSPS) is 14.9. The van der Waals surface area contributed by atoms with E-state index in [1.807, 2.05) is 0 Å². The quantitative estimate of drug-likeness (QED) is 0.0854. The summed E-state index contributed by atoms with van der Waals surface area (Å²) in [7, 11) is -18.7. The average Bonchev–Trinajstić information content (AvgIpc) is 3.82. The third-order valence-electron chi connectivity index (χ3n) is 11.4. The summed E-state index contributed by atoms with van der Waals surface area (Å²) >= 11 is 0. The number of rotatable bonds is 12. The van der Waals surface area contributed by atoms with E-state index in [2.05, 4.69) is 4.98 Å². The van der Waals surface area contributed by atoms with Crippen molar-refractivity contribution in [2.75, 3.05) is 0 Å². The van der Waals surface area contributed by atoms with Crippen LogP contribution in [0.25, 0.3) is 44.6 Å². The number of ketones is 2. The van der Waals surface area contributed by atoms with Crippen LogP contribution in [0.15, 0.2) is 190 Å². The molecule has 0 atom stereocenters. The number of aromatic nitrogens is 2. The molecule has 7 aromatic rings. The molecule has 9 rings (SSSR count). The van der Waals surface area contributed by atoms with Gasteiger partial charge in [0.1, 0.15) is 0 Å². The monoisotopic (exact) mass is 1010 g/mol. The van der Waals surface area contributed by atoms with Gasteiger partial charge in [-0.25, -0.2) is 4.98 Å². The number of hydrogen-bond donors (Lipinski definition) is 4. The van der Waals surface area contributed by atoms with Crippen LogP contribution in [0.5, 0.6) is 0 Å². The van der Waals surface area contributed by atoms with Crippen molar-refractivity contribution in [2.24, 2.45) is 0 Å². The first-order valence-corrected chi connectivity index (χ1v) is 26.2. The van der Waals surface area contributed by atoms with Gasteiger partial charge in [0.05, 0.1) is 43.4 Å². The first-order valence-electron chi connectivity index (χ1n) is 20.4. The zero-order chi connectivity index (χ0) is 49.9. The van der Waals surface area contributed by atoms with Crippen LogP contribution in [0.3, 0.4) is 0 Å². The summed E-state index contributed by atoms with van der Waals surface area (Å²) in [5.74, 6) is -1.26. The smallest absolute Gasteiger partial charge is 0.289 e. The molecule has 1 aromatic heterocycles. The minimum atomic E-state index is -4.69. The predicted molar refractivity (Wildman–Crippen MR) is 257 cm³/mol. The molecule has 70 heavy (non-hydrogen) atoms. The van der Waals surface area contributed by atoms with Crippen LogP contribution in [0.2, 0.25) is 0 Å². The van der Waals surface area contributed by atoms with E-state index in [0.29, 0.717) is 11.1 Å². The number of carbonyl (C=O) groups excluding carboxylic acids is 2. The van der Waals surface area contributed by atoms with Crippen LogP contribution in [0, 0.1) is 0 Å². The van der Waals surface area contributed by atoms with Crippen molar-refractivity contribution in [2.45, 2.75) is 19.6 Å². The van der Waals surface area contributed by atoms with Crippen LogP contribution in [0.1, 0.15) is 44.8 Å². The maximum absolute atomic E-state index is 15.2. The Morgan fingerprint density at radius 3 is 0.757 bits per heavy atom. The Labute approximate surface area is 400 Å². The summed E-state index contributed by atoms with van der Waals surface area (Å²) in [6, 6.07) is 36.6. The lowest BCUT2D eigenvalue weighted by Gasteiger charge is -2.16. The SMILES string of the molecule is O=C1C(c2ccc(S(=O)(=O)O)cc2)=C(c2ccccc2)C(c2cncc(C3=C(c4ccc(S(=O)(=O)O)cc4)C(=O)C(c4ccc(S(=O)(=O)O)cc4)=C3c3ccccc3)n2)=C1c1ccc(S(=O)(=O)O)cc1. The lowest BCUT2D eigenvalue weighted by atomic mass is 9.90. The lowest BCUT2D eigenvalue weighted by molar-refractivity contribution is -0.109. The summed E-state index contributed by atoms with van der Waals surface area (Å²) in [6.07, 6.45) is 2.70. The van der Waals surface area contributed by atoms with E-state index >= 15 is 9.59 Å². The van der Waals surface area contributed by atoms with E-state index in [0.717, 1.165) is 48.5 Å². The second kappa shape index (κ2) is 17.7. The summed E-state index contributed by atoms with van der Waals surface area (Å²) in [4.78, 5) is 38.3. The number of hydrogen-bond acceptors (Lipinski definition) is 12. The van der Waals surface area contributed by atoms with Gasteiger partial charge < -0.3 is 0 Å². The first kappa shape index (κ1) is 47.4. The first-order chi connectivity index (χ1) is 33.1. The largest absolute Gasteiger partial charge is 0.294 e. The summed E-state index contributed by atoms with van der Waals surface area (Å²) in [5.41, 5.74) is 2.58. The van der Waals surface area contributed by atoms with Gasteiger partial charge in [-0.15, -0.1) is 0 Å². The van der Waals surface area contributed by atoms with Crippen molar-refractivity contribution in [1.82, 2.24) is 9.97 Å². The molecule has 4 N–H and O–H groups in total. The van der Waals surface area contributed by atoms with E-state index in [4.69, 9.17) is 4.98 Å². The van der Waals surface area contributed by atoms with Gasteiger partial charge in [-0.2, -0.15) is 33.7 Å². The average molecular weight is 1010 g/mol. The van der Waals surface area contributed by atoms with E-state index < -0.39 is 71.6 Å². The van der Waals surface area contributed by atoms with E-state index in [9.17, 15) is 51.9 Å². The van der Waals surface area contributed by atoms with Crippen LogP contribution in [0.4, 0.5) is 0 Å². The molecule has 0 amide bonds. The number of allylic oxidation sites excluding steroid dienone is 8. The van der Waals surface area contributed by atoms with Crippen molar-refractivity contribution in [3.8, 4) is 0 Å². The molecule has 350 valence electrons. The van der Waals surface area contributed by atoms with Gasteiger partial charge in [0.25, 0.3) is 40.5 Å². The molecule has 0 spiro atoms. The van der Waals surface area contributed by atoms with Gasteiger partial charge in [0, 0.05) is 44.6 Å².